The lowest BCUT2D eigenvalue weighted by Crippen LogP contribution is -2.28. The average Bonchev–Trinajstić information content (AvgIpc) is 3.06. The van der Waals surface area contributed by atoms with E-state index in [-0.39, 0.29) is 4.88 Å². The van der Waals surface area contributed by atoms with Gasteiger partial charge in [0.2, 0.25) is 0 Å². The van der Waals surface area contributed by atoms with E-state index in [0.717, 1.165) is 52.6 Å². The third-order valence-electron chi connectivity index (χ3n) is 4.86. The summed E-state index contributed by atoms with van der Waals surface area (Å²) >= 11 is 4.66. The van der Waals surface area contributed by atoms with Crippen LogP contribution in [0.2, 0.25) is 0 Å². The number of pyridine rings is 1. The number of halogens is 1. The van der Waals surface area contributed by atoms with E-state index in [1.54, 1.807) is 6.34 Å². The number of hydrogen-bond donors (Lipinski definition) is 1. The minimum atomic E-state index is -0.965. The van der Waals surface area contributed by atoms with E-state index in [1.807, 2.05) is 37.3 Å². The average molecular weight is 458 g/mol. The molecule has 1 aromatic carbocycles. The van der Waals surface area contributed by atoms with Gasteiger partial charge in [-0.05, 0) is 55.5 Å². The van der Waals surface area contributed by atoms with Crippen molar-refractivity contribution in [3.05, 3.63) is 45.4 Å². The standard InChI is InChI=1S/C21H20BrN3O2S/c1-13-11-16(14-5-7-15(22)8-6-14)17-18(19(21(26)27)28-20(17)24-13)23-12-25-9-3-2-4-10-25/h5-8,11-12H,2-4,9-10H2,1H3,(H,26,27). The molecular formula is C21H20BrN3O2S. The van der Waals surface area contributed by atoms with Gasteiger partial charge in [-0.2, -0.15) is 0 Å². The van der Waals surface area contributed by atoms with E-state index in [9.17, 15) is 9.90 Å². The van der Waals surface area contributed by atoms with Crippen LogP contribution in [-0.4, -0.2) is 40.4 Å². The Morgan fingerprint density at radius 3 is 2.64 bits per heavy atom. The Morgan fingerprint density at radius 1 is 1.25 bits per heavy atom. The molecule has 4 rings (SSSR count). The van der Waals surface area contributed by atoms with Crippen LogP contribution in [0.4, 0.5) is 5.69 Å². The van der Waals surface area contributed by atoms with Crippen LogP contribution in [-0.2, 0) is 0 Å². The van der Waals surface area contributed by atoms with Crippen LogP contribution in [0.3, 0.4) is 0 Å². The fourth-order valence-corrected chi connectivity index (χ4v) is 4.80. The Kier molecular flexibility index (Phi) is 5.46. The van der Waals surface area contributed by atoms with Crippen LogP contribution in [0.25, 0.3) is 21.3 Å². The van der Waals surface area contributed by atoms with Crippen LogP contribution >= 0.6 is 27.3 Å². The van der Waals surface area contributed by atoms with E-state index in [4.69, 9.17) is 0 Å². The lowest BCUT2D eigenvalue weighted by Gasteiger charge is -2.23. The number of aryl methyl sites for hydroxylation is 1. The summed E-state index contributed by atoms with van der Waals surface area (Å²) in [6.45, 7) is 3.86. The van der Waals surface area contributed by atoms with Crippen LogP contribution in [0.5, 0.6) is 0 Å². The molecule has 0 amide bonds. The second-order valence-electron chi connectivity index (χ2n) is 6.92. The molecule has 3 heterocycles. The van der Waals surface area contributed by atoms with Gasteiger partial charge < -0.3 is 10.0 Å². The van der Waals surface area contributed by atoms with Crippen LogP contribution < -0.4 is 0 Å². The number of aromatic carboxylic acids is 1. The SMILES string of the molecule is Cc1cc(-c2ccc(Br)cc2)c2c(N=CN3CCCCC3)c(C(=O)O)sc2n1. The molecule has 0 aliphatic carbocycles. The zero-order valence-electron chi connectivity index (χ0n) is 15.5. The summed E-state index contributed by atoms with van der Waals surface area (Å²) in [5, 5.41) is 10.6. The number of hydrogen-bond acceptors (Lipinski definition) is 4. The molecule has 1 aliphatic rings. The van der Waals surface area contributed by atoms with Crippen LogP contribution in [0, 0.1) is 6.92 Å². The van der Waals surface area contributed by atoms with Gasteiger partial charge in [0.05, 0.1) is 6.34 Å². The Hall–Kier alpha value is -2.25. The molecule has 1 N–H and O–H groups in total. The number of fused-ring (bicyclic) bond motifs is 1. The second-order valence-corrected chi connectivity index (χ2v) is 8.84. The predicted molar refractivity (Wildman–Crippen MR) is 118 cm³/mol. The lowest BCUT2D eigenvalue weighted by molar-refractivity contribution is 0.0703. The van der Waals surface area contributed by atoms with Crippen molar-refractivity contribution in [1.29, 1.82) is 0 Å². The number of aliphatic imine (C=N–C) groups is 1. The van der Waals surface area contributed by atoms with Crippen molar-refractivity contribution in [3.8, 4) is 11.1 Å². The fourth-order valence-electron chi connectivity index (χ4n) is 3.50. The molecule has 1 fully saturated rings. The van der Waals surface area contributed by atoms with Gasteiger partial charge in [-0.25, -0.2) is 14.8 Å². The summed E-state index contributed by atoms with van der Waals surface area (Å²) in [7, 11) is 0. The van der Waals surface area contributed by atoms with Gasteiger partial charge in [0, 0.05) is 28.6 Å². The van der Waals surface area contributed by atoms with Crippen molar-refractivity contribution in [3.63, 3.8) is 0 Å². The third-order valence-corrected chi connectivity index (χ3v) is 6.44. The minimum Gasteiger partial charge on any atom is -0.477 e. The number of thiophene rings is 1. The molecule has 7 heteroatoms. The van der Waals surface area contributed by atoms with Crippen molar-refractivity contribution >= 4 is 55.5 Å². The van der Waals surface area contributed by atoms with Gasteiger partial charge >= 0.3 is 5.97 Å². The molecule has 28 heavy (non-hydrogen) atoms. The molecule has 0 atom stereocenters. The Morgan fingerprint density at radius 2 is 1.96 bits per heavy atom. The van der Waals surface area contributed by atoms with E-state index >= 15 is 0 Å². The van der Waals surface area contributed by atoms with Gasteiger partial charge in [0.1, 0.15) is 15.4 Å². The molecule has 2 aromatic heterocycles. The van der Waals surface area contributed by atoms with Crippen molar-refractivity contribution in [2.75, 3.05) is 13.1 Å². The van der Waals surface area contributed by atoms with E-state index in [0.29, 0.717) is 10.5 Å². The largest absolute Gasteiger partial charge is 0.477 e. The number of carbonyl (C=O) groups is 1. The summed E-state index contributed by atoms with van der Waals surface area (Å²) in [6, 6.07) is 10.0. The summed E-state index contributed by atoms with van der Waals surface area (Å²) in [5.41, 5.74) is 3.34. The first-order chi connectivity index (χ1) is 13.5. The molecule has 0 unspecified atom stereocenters. The molecule has 3 aromatic rings. The van der Waals surface area contributed by atoms with Gasteiger partial charge in [-0.1, -0.05) is 28.1 Å². The monoisotopic (exact) mass is 457 g/mol. The van der Waals surface area contributed by atoms with Gasteiger partial charge in [-0.3, -0.25) is 0 Å². The van der Waals surface area contributed by atoms with Gasteiger partial charge in [-0.15, -0.1) is 11.3 Å². The molecule has 1 aliphatic heterocycles. The fraction of sp³-hybridized carbons (Fsp3) is 0.286. The minimum absolute atomic E-state index is 0.236. The van der Waals surface area contributed by atoms with E-state index in [1.165, 1.54) is 17.8 Å². The highest BCUT2D eigenvalue weighted by atomic mass is 79.9. The quantitative estimate of drug-likeness (QED) is 0.392. The maximum Gasteiger partial charge on any atom is 0.348 e. The molecule has 0 bridgehead atoms. The number of nitrogens with zero attached hydrogens (tertiary/aromatic N) is 3. The topological polar surface area (TPSA) is 65.8 Å². The number of likely N-dealkylation sites (tertiary alicyclic amines) is 1. The second kappa shape index (κ2) is 8.01. The Balaban J connectivity index is 1.90. The number of benzene rings is 1. The lowest BCUT2D eigenvalue weighted by atomic mass is 10.0. The molecule has 0 spiro atoms. The maximum absolute atomic E-state index is 11.9. The number of aromatic nitrogens is 1. The summed E-state index contributed by atoms with van der Waals surface area (Å²) in [4.78, 5) is 24.3. The first-order valence-electron chi connectivity index (χ1n) is 9.24. The maximum atomic E-state index is 11.9. The molecule has 144 valence electrons. The smallest absolute Gasteiger partial charge is 0.348 e. The summed E-state index contributed by atoms with van der Waals surface area (Å²) in [6.07, 6.45) is 5.33. The highest BCUT2D eigenvalue weighted by Gasteiger charge is 2.22. The van der Waals surface area contributed by atoms with E-state index in [2.05, 4.69) is 30.8 Å². The molecular weight excluding hydrogens is 438 g/mol. The summed E-state index contributed by atoms with van der Waals surface area (Å²) in [5.74, 6) is -0.965. The Bertz CT molecular complexity index is 1050. The van der Waals surface area contributed by atoms with Crippen LogP contribution in [0.1, 0.15) is 34.6 Å². The molecule has 0 saturated carbocycles. The molecule has 0 radical (unpaired) electrons. The van der Waals surface area contributed by atoms with E-state index < -0.39 is 5.97 Å². The van der Waals surface area contributed by atoms with Crippen molar-refractivity contribution < 1.29 is 9.90 Å². The van der Waals surface area contributed by atoms with Crippen LogP contribution in [0.15, 0.2) is 39.8 Å². The number of piperidine rings is 1. The third kappa shape index (κ3) is 3.82. The number of carboxylic acids is 1. The van der Waals surface area contributed by atoms with Crippen molar-refractivity contribution in [2.24, 2.45) is 4.99 Å². The zero-order chi connectivity index (χ0) is 19.7. The highest BCUT2D eigenvalue weighted by molar-refractivity contribution is 9.10. The van der Waals surface area contributed by atoms with Crippen molar-refractivity contribution in [2.45, 2.75) is 26.2 Å². The number of rotatable bonds is 4. The van der Waals surface area contributed by atoms with Gasteiger partial charge in [0.25, 0.3) is 0 Å². The van der Waals surface area contributed by atoms with Gasteiger partial charge in [0.15, 0.2) is 0 Å². The number of carboxylic acid groups (broad SMARTS) is 1. The molecule has 1 saturated heterocycles. The predicted octanol–water partition coefficient (Wildman–Crippen LogP) is 5.88. The summed E-state index contributed by atoms with van der Waals surface area (Å²) < 4.78 is 0.998. The Labute approximate surface area is 175 Å². The first kappa shape index (κ1) is 19.1. The first-order valence-corrected chi connectivity index (χ1v) is 10.9. The normalized spacial score (nSPS) is 14.9. The molecule has 5 nitrogen and oxygen atoms in total. The van der Waals surface area contributed by atoms with Crippen molar-refractivity contribution in [1.82, 2.24) is 9.88 Å². The zero-order valence-corrected chi connectivity index (χ0v) is 17.9. The highest BCUT2D eigenvalue weighted by Crippen LogP contribution is 2.43.